The van der Waals surface area contributed by atoms with Gasteiger partial charge in [0.15, 0.2) is 0 Å². The van der Waals surface area contributed by atoms with Crippen LogP contribution in [0.3, 0.4) is 0 Å². The minimum absolute atomic E-state index is 0.00713. The largest absolute Gasteiger partial charge is 0.344 e. The van der Waals surface area contributed by atoms with Crippen LogP contribution in [-0.4, -0.2) is 56.7 Å². The van der Waals surface area contributed by atoms with Crippen LogP contribution in [0.25, 0.3) is 5.69 Å². The summed E-state index contributed by atoms with van der Waals surface area (Å²) in [5, 5.41) is 8.18. The van der Waals surface area contributed by atoms with Crippen molar-refractivity contribution in [3.63, 3.8) is 0 Å². The van der Waals surface area contributed by atoms with Gasteiger partial charge in [0.2, 0.25) is 0 Å². The first-order valence-electron chi connectivity index (χ1n) is 12.0. The van der Waals surface area contributed by atoms with Crippen LogP contribution < -0.4 is 10.7 Å². The number of likely N-dealkylation sites (N-methyl/N-ethyl adjacent to an activating group) is 1. The number of imide groups is 1. The standard InChI is InChI=1S/C27H32N6O3/c1-19-23(20(2)32(29-19)22-13-9-6-10-14-22)17-31(4)18-24(34)30-33-25(35)27(3,28-26(33)36)16-15-21-11-7-5-8-12-21/h5-14H,15-18H2,1-4H3,(H,28,36)(H,30,34)/t27-/m1/s1. The van der Waals surface area contributed by atoms with Crippen molar-refractivity contribution in [2.24, 2.45) is 0 Å². The number of nitrogens with one attached hydrogen (secondary N) is 2. The number of hydrogen-bond acceptors (Lipinski definition) is 5. The van der Waals surface area contributed by atoms with Crippen LogP contribution in [-0.2, 0) is 22.6 Å². The molecule has 1 aliphatic heterocycles. The highest BCUT2D eigenvalue weighted by atomic mass is 16.2. The lowest BCUT2D eigenvalue weighted by atomic mass is 9.93. The number of amides is 4. The van der Waals surface area contributed by atoms with Crippen LogP contribution in [0.15, 0.2) is 60.7 Å². The van der Waals surface area contributed by atoms with Gasteiger partial charge < -0.3 is 5.32 Å². The van der Waals surface area contributed by atoms with Crippen LogP contribution in [0.5, 0.6) is 0 Å². The number of benzene rings is 2. The Morgan fingerprint density at radius 3 is 2.36 bits per heavy atom. The molecule has 0 saturated carbocycles. The van der Waals surface area contributed by atoms with E-state index in [1.807, 2.05) is 91.1 Å². The van der Waals surface area contributed by atoms with E-state index in [1.165, 1.54) is 0 Å². The molecular weight excluding hydrogens is 456 g/mol. The summed E-state index contributed by atoms with van der Waals surface area (Å²) >= 11 is 0. The van der Waals surface area contributed by atoms with E-state index in [1.54, 1.807) is 6.92 Å². The molecule has 2 heterocycles. The fourth-order valence-electron chi connectivity index (χ4n) is 4.45. The smallest absolute Gasteiger partial charge is 0.322 e. The van der Waals surface area contributed by atoms with Crippen molar-refractivity contribution in [3.05, 3.63) is 83.2 Å². The Morgan fingerprint density at radius 2 is 1.69 bits per heavy atom. The predicted molar refractivity (Wildman–Crippen MR) is 136 cm³/mol. The van der Waals surface area contributed by atoms with Gasteiger partial charge in [0, 0.05) is 17.8 Å². The molecule has 188 valence electrons. The molecule has 2 aromatic carbocycles. The van der Waals surface area contributed by atoms with Gasteiger partial charge >= 0.3 is 6.03 Å². The molecule has 0 spiro atoms. The highest BCUT2D eigenvalue weighted by molar-refractivity contribution is 6.07. The van der Waals surface area contributed by atoms with Gasteiger partial charge in [-0.1, -0.05) is 48.5 Å². The van der Waals surface area contributed by atoms with Crippen molar-refractivity contribution < 1.29 is 14.4 Å². The van der Waals surface area contributed by atoms with Gasteiger partial charge in [-0.2, -0.15) is 10.1 Å². The molecule has 0 aliphatic carbocycles. The van der Waals surface area contributed by atoms with Gasteiger partial charge in [-0.3, -0.25) is 19.9 Å². The molecule has 9 heteroatoms. The first kappa shape index (κ1) is 25.1. The molecule has 1 aliphatic rings. The van der Waals surface area contributed by atoms with E-state index in [4.69, 9.17) is 0 Å². The molecule has 0 radical (unpaired) electrons. The lowest BCUT2D eigenvalue weighted by Crippen LogP contribution is -2.51. The van der Waals surface area contributed by atoms with E-state index in [0.29, 0.717) is 19.4 Å². The summed E-state index contributed by atoms with van der Waals surface area (Å²) in [6.07, 6.45) is 1.06. The molecule has 4 rings (SSSR count). The number of carbonyl (C=O) groups excluding carboxylic acids is 3. The average Bonchev–Trinajstić information content (AvgIpc) is 3.26. The number of urea groups is 1. The molecule has 0 bridgehead atoms. The molecule has 1 saturated heterocycles. The van der Waals surface area contributed by atoms with Crippen molar-refractivity contribution in [2.45, 2.75) is 45.7 Å². The lowest BCUT2D eigenvalue weighted by molar-refractivity contribution is -0.139. The van der Waals surface area contributed by atoms with Crippen LogP contribution in [0.2, 0.25) is 0 Å². The van der Waals surface area contributed by atoms with E-state index in [2.05, 4.69) is 15.8 Å². The van der Waals surface area contributed by atoms with Crippen LogP contribution in [0.1, 0.15) is 35.9 Å². The molecule has 36 heavy (non-hydrogen) atoms. The summed E-state index contributed by atoms with van der Waals surface area (Å²) in [7, 11) is 1.81. The molecule has 9 nitrogen and oxygen atoms in total. The van der Waals surface area contributed by atoms with Gasteiger partial charge in [0.25, 0.3) is 11.8 Å². The van der Waals surface area contributed by atoms with Gasteiger partial charge in [-0.05, 0) is 58.4 Å². The van der Waals surface area contributed by atoms with E-state index in [-0.39, 0.29) is 6.54 Å². The zero-order valence-electron chi connectivity index (χ0n) is 21.1. The SMILES string of the molecule is Cc1nn(-c2ccccc2)c(C)c1CN(C)CC(=O)NN1C(=O)N[C@](C)(CCc2ccccc2)C1=O. The van der Waals surface area contributed by atoms with E-state index < -0.39 is 23.4 Å². The highest BCUT2D eigenvalue weighted by Crippen LogP contribution is 2.23. The quantitative estimate of drug-likeness (QED) is 0.451. The normalized spacial score (nSPS) is 17.5. The second-order valence-corrected chi connectivity index (χ2v) is 9.49. The van der Waals surface area contributed by atoms with Crippen LogP contribution in [0.4, 0.5) is 4.79 Å². The van der Waals surface area contributed by atoms with Gasteiger partial charge in [-0.15, -0.1) is 0 Å². The number of nitrogens with zero attached hydrogens (tertiary/aromatic N) is 4. The summed E-state index contributed by atoms with van der Waals surface area (Å²) in [6, 6.07) is 19.0. The Bertz CT molecular complexity index is 1260. The van der Waals surface area contributed by atoms with Crippen molar-refractivity contribution in [3.8, 4) is 5.69 Å². The highest BCUT2D eigenvalue weighted by Gasteiger charge is 2.48. The monoisotopic (exact) mass is 488 g/mol. The Kier molecular flexibility index (Phi) is 7.21. The van der Waals surface area contributed by atoms with E-state index in [9.17, 15) is 14.4 Å². The first-order valence-corrected chi connectivity index (χ1v) is 12.0. The predicted octanol–water partition coefficient (Wildman–Crippen LogP) is 2.90. The van der Waals surface area contributed by atoms with Crippen LogP contribution in [0, 0.1) is 13.8 Å². The van der Waals surface area contributed by atoms with Crippen molar-refractivity contribution in [1.82, 2.24) is 30.4 Å². The zero-order valence-corrected chi connectivity index (χ0v) is 21.1. The van der Waals surface area contributed by atoms with Crippen molar-refractivity contribution in [2.75, 3.05) is 13.6 Å². The fraction of sp³-hybridized carbons (Fsp3) is 0.333. The maximum Gasteiger partial charge on any atom is 0.344 e. The number of aromatic nitrogens is 2. The summed E-state index contributed by atoms with van der Waals surface area (Å²) in [5.74, 6) is -0.908. The summed E-state index contributed by atoms with van der Waals surface area (Å²) < 4.78 is 1.89. The summed E-state index contributed by atoms with van der Waals surface area (Å²) in [6.45, 7) is 6.13. The lowest BCUT2D eigenvalue weighted by Gasteiger charge is -2.22. The topological polar surface area (TPSA) is 99.6 Å². The number of hydrogen-bond donors (Lipinski definition) is 2. The molecule has 2 N–H and O–H groups in total. The third kappa shape index (κ3) is 5.31. The van der Waals surface area contributed by atoms with Crippen molar-refractivity contribution >= 4 is 17.8 Å². The fourth-order valence-corrected chi connectivity index (χ4v) is 4.45. The molecular formula is C27H32N6O3. The number of hydrazine groups is 1. The second kappa shape index (κ2) is 10.3. The molecule has 0 unspecified atom stereocenters. The summed E-state index contributed by atoms with van der Waals surface area (Å²) in [5.41, 5.74) is 6.35. The van der Waals surface area contributed by atoms with Crippen LogP contribution >= 0.6 is 0 Å². The maximum atomic E-state index is 13.0. The van der Waals surface area contributed by atoms with Gasteiger partial charge in [-0.25, -0.2) is 9.48 Å². The van der Waals surface area contributed by atoms with Gasteiger partial charge in [0.05, 0.1) is 17.9 Å². The minimum atomic E-state index is -1.08. The second-order valence-electron chi connectivity index (χ2n) is 9.49. The maximum absolute atomic E-state index is 13.0. The number of rotatable bonds is 9. The Morgan fingerprint density at radius 1 is 1.06 bits per heavy atom. The third-order valence-electron chi connectivity index (χ3n) is 6.54. The Balaban J connectivity index is 1.35. The summed E-state index contributed by atoms with van der Waals surface area (Å²) in [4.78, 5) is 40.1. The third-order valence-corrected chi connectivity index (χ3v) is 6.54. The van der Waals surface area contributed by atoms with Crippen molar-refractivity contribution in [1.29, 1.82) is 0 Å². The van der Waals surface area contributed by atoms with Gasteiger partial charge in [0.1, 0.15) is 5.54 Å². The number of carbonyl (C=O) groups is 3. The number of aryl methyl sites for hydroxylation is 2. The Labute approximate surface area is 211 Å². The zero-order chi connectivity index (χ0) is 25.9. The van der Waals surface area contributed by atoms with E-state index >= 15 is 0 Å². The molecule has 4 amide bonds. The van der Waals surface area contributed by atoms with E-state index in [0.717, 1.165) is 33.2 Å². The minimum Gasteiger partial charge on any atom is -0.322 e. The molecule has 3 aromatic rings. The number of para-hydroxylation sites is 1. The Hall–Kier alpha value is -3.98. The molecule has 1 fully saturated rings. The first-order chi connectivity index (χ1) is 17.2. The average molecular weight is 489 g/mol. The molecule has 1 atom stereocenters. The molecule has 1 aromatic heterocycles.